The topological polar surface area (TPSA) is 75.7 Å². The van der Waals surface area contributed by atoms with Gasteiger partial charge in [0.25, 0.3) is 5.91 Å². The van der Waals surface area contributed by atoms with Crippen molar-refractivity contribution in [2.24, 2.45) is 5.92 Å². The number of nitrogens with one attached hydrogen (secondary N) is 1. The molecule has 1 atom stereocenters. The number of carbonyl (C=O) groups excluding carboxylic acids is 3. The van der Waals surface area contributed by atoms with Gasteiger partial charge in [-0.25, -0.2) is 0 Å². The summed E-state index contributed by atoms with van der Waals surface area (Å²) in [6.07, 6.45) is 7.74. The zero-order chi connectivity index (χ0) is 19.2. The van der Waals surface area contributed by atoms with E-state index in [9.17, 15) is 14.4 Å². The van der Waals surface area contributed by atoms with Gasteiger partial charge in [0, 0.05) is 6.42 Å². The van der Waals surface area contributed by atoms with Gasteiger partial charge in [-0.2, -0.15) is 0 Å². The maximum absolute atomic E-state index is 12.7. The zero-order valence-corrected chi connectivity index (χ0v) is 15.9. The Morgan fingerprint density at radius 2 is 1.96 bits per heavy atom. The molecule has 0 spiro atoms. The van der Waals surface area contributed by atoms with E-state index in [1.54, 1.807) is 31.2 Å². The Hall–Kier alpha value is -2.37. The zero-order valence-electron chi connectivity index (χ0n) is 15.9. The summed E-state index contributed by atoms with van der Waals surface area (Å²) in [6, 6.07) is 7.11. The Bertz CT molecular complexity index is 697. The van der Waals surface area contributed by atoms with Gasteiger partial charge in [-0.15, -0.1) is 0 Å². The fourth-order valence-electron chi connectivity index (χ4n) is 3.97. The fourth-order valence-corrected chi connectivity index (χ4v) is 3.97. The van der Waals surface area contributed by atoms with Crippen LogP contribution < -0.4 is 10.2 Å². The molecular formula is C21H28N2O4. The standard InChI is InChI=1S/C21H28N2O4/c1-15(27-20(25)13-7-10-16-8-3-2-4-9-16)21(26)23-14-19(24)22-17-11-5-6-12-18(17)23/h5-6,11-12,15-16H,2-4,7-10,13-14H2,1H3,(H,22,24)/t15-/m0/s1. The van der Waals surface area contributed by atoms with Crippen molar-refractivity contribution < 1.29 is 19.1 Å². The molecule has 1 aliphatic carbocycles. The normalized spacial score (nSPS) is 18.4. The molecule has 0 aromatic heterocycles. The van der Waals surface area contributed by atoms with Crippen molar-refractivity contribution in [1.82, 2.24) is 0 Å². The Morgan fingerprint density at radius 1 is 1.22 bits per heavy atom. The van der Waals surface area contributed by atoms with E-state index in [0.29, 0.717) is 17.8 Å². The third-order valence-electron chi connectivity index (χ3n) is 5.41. The van der Waals surface area contributed by atoms with Crippen LogP contribution in [0.4, 0.5) is 11.4 Å². The molecule has 2 aliphatic rings. The second kappa shape index (κ2) is 9.02. The Morgan fingerprint density at radius 3 is 2.74 bits per heavy atom. The highest BCUT2D eigenvalue weighted by Crippen LogP contribution is 2.30. The fraction of sp³-hybridized carbons (Fsp3) is 0.571. The van der Waals surface area contributed by atoms with Gasteiger partial charge in [-0.1, -0.05) is 44.2 Å². The van der Waals surface area contributed by atoms with Gasteiger partial charge in [0.1, 0.15) is 6.54 Å². The van der Waals surface area contributed by atoms with Gasteiger partial charge in [-0.05, 0) is 37.8 Å². The summed E-state index contributed by atoms with van der Waals surface area (Å²) in [7, 11) is 0. The predicted octanol–water partition coefficient (Wildman–Crippen LogP) is 3.65. The molecule has 3 rings (SSSR count). The van der Waals surface area contributed by atoms with Crippen LogP contribution in [0.1, 0.15) is 58.3 Å². The number of ether oxygens (including phenoxy) is 1. The monoisotopic (exact) mass is 372 g/mol. The van der Waals surface area contributed by atoms with Crippen LogP contribution in [0.3, 0.4) is 0 Å². The van der Waals surface area contributed by atoms with Crippen molar-refractivity contribution in [3.8, 4) is 0 Å². The minimum atomic E-state index is -0.911. The van der Waals surface area contributed by atoms with E-state index in [0.717, 1.165) is 18.8 Å². The van der Waals surface area contributed by atoms with Gasteiger partial charge in [0.15, 0.2) is 6.10 Å². The lowest BCUT2D eigenvalue weighted by atomic mass is 9.86. The Labute approximate surface area is 160 Å². The SMILES string of the molecule is C[C@H](OC(=O)CCCC1CCCCC1)C(=O)N1CC(=O)Nc2ccccc21. The number of hydrogen-bond acceptors (Lipinski definition) is 4. The third-order valence-corrected chi connectivity index (χ3v) is 5.41. The van der Waals surface area contributed by atoms with Crippen molar-refractivity contribution in [1.29, 1.82) is 0 Å². The molecule has 0 unspecified atom stereocenters. The molecule has 1 aliphatic heterocycles. The van der Waals surface area contributed by atoms with Crippen LogP contribution in [0.25, 0.3) is 0 Å². The van der Waals surface area contributed by atoms with E-state index in [1.165, 1.54) is 37.0 Å². The molecule has 1 N–H and O–H groups in total. The molecule has 146 valence electrons. The average molecular weight is 372 g/mol. The van der Waals surface area contributed by atoms with E-state index >= 15 is 0 Å². The number of nitrogens with zero attached hydrogens (tertiary/aromatic N) is 1. The van der Waals surface area contributed by atoms with E-state index < -0.39 is 6.10 Å². The van der Waals surface area contributed by atoms with Gasteiger partial charge in [0.05, 0.1) is 11.4 Å². The number of amides is 2. The number of esters is 1. The number of carbonyl (C=O) groups is 3. The molecule has 27 heavy (non-hydrogen) atoms. The summed E-state index contributed by atoms with van der Waals surface area (Å²) in [5.41, 5.74) is 1.22. The van der Waals surface area contributed by atoms with Gasteiger partial charge >= 0.3 is 5.97 Å². The number of rotatable bonds is 6. The molecule has 1 saturated carbocycles. The van der Waals surface area contributed by atoms with Crippen LogP contribution in [0.15, 0.2) is 24.3 Å². The predicted molar refractivity (Wildman–Crippen MR) is 103 cm³/mol. The molecule has 2 amide bonds. The molecule has 0 radical (unpaired) electrons. The average Bonchev–Trinajstić information content (AvgIpc) is 2.67. The first-order valence-electron chi connectivity index (χ1n) is 9.94. The highest BCUT2D eigenvalue weighted by molar-refractivity contribution is 6.11. The van der Waals surface area contributed by atoms with Crippen LogP contribution in [0.2, 0.25) is 0 Å². The minimum Gasteiger partial charge on any atom is -0.453 e. The number of hydrogen-bond donors (Lipinski definition) is 1. The molecule has 0 bridgehead atoms. The maximum atomic E-state index is 12.7. The minimum absolute atomic E-state index is 0.0700. The number of fused-ring (bicyclic) bond motifs is 1. The van der Waals surface area contributed by atoms with Crippen LogP contribution in [0, 0.1) is 5.92 Å². The summed E-state index contributed by atoms with van der Waals surface area (Å²) in [4.78, 5) is 38.1. The Balaban J connectivity index is 1.50. The van der Waals surface area contributed by atoms with Crippen molar-refractivity contribution in [3.05, 3.63) is 24.3 Å². The van der Waals surface area contributed by atoms with Crippen molar-refractivity contribution >= 4 is 29.2 Å². The largest absolute Gasteiger partial charge is 0.453 e. The molecule has 1 aromatic rings. The molecule has 1 heterocycles. The molecular weight excluding hydrogens is 344 g/mol. The van der Waals surface area contributed by atoms with Gasteiger partial charge < -0.3 is 10.1 Å². The highest BCUT2D eigenvalue weighted by Gasteiger charge is 2.31. The quantitative estimate of drug-likeness (QED) is 0.773. The maximum Gasteiger partial charge on any atom is 0.306 e. The van der Waals surface area contributed by atoms with Crippen molar-refractivity contribution in [3.63, 3.8) is 0 Å². The first kappa shape index (κ1) is 19.4. The summed E-state index contributed by atoms with van der Waals surface area (Å²) < 4.78 is 5.34. The molecule has 6 nitrogen and oxygen atoms in total. The number of benzene rings is 1. The first-order valence-corrected chi connectivity index (χ1v) is 9.94. The van der Waals surface area contributed by atoms with E-state index in [-0.39, 0.29) is 24.3 Å². The summed E-state index contributed by atoms with van der Waals surface area (Å²) >= 11 is 0. The third kappa shape index (κ3) is 5.08. The van der Waals surface area contributed by atoms with Crippen molar-refractivity contribution in [2.75, 3.05) is 16.8 Å². The van der Waals surface area contributed by atoms with Gasteiger partial charge in [0.2, 0.25) is 5.91 Å². The molecule has 1 fully saturated rings. The van der Waals surface area contributed by atoms with E-state index in [2.05, 4.69) is 5.32 Å². The molecule has 6 heteroatoms. The second-order valence-electron chi connectivity index (χ2n) is 7.52. The van der Waals surface area contributed by atoms with Gasteiger partial charge in [-0.3, -0.25) is 19.3 Å². The molecule has 0 saturated heterocycles. The lowest BCUT2D eigenvalue weighted by Crippen LogP contribution is -2.47. The lowest BCUT2D eigenvalue weighted by Gasteiger charge is -2.30. The van der Waals surface area contributed by atoms with Crippen LogP contribution in [-0.4, -0.2) is 30.4 Å². The smallest absolute Gasteiger partial charge is 0.306 e. The number of para-hydroxylation sites is 2. The van der Waals surface area contributed by atoms with Crippen molar-refractivity contribution in [2.45, 2.75) is 64.4 Å². The lowest BCUT2D eigenvalue weighted by molar-refractivity contribution is -0.154. The first-order chi connectivity index (χ1) is 13.0. The summed E-state index contributed by atoms with van der Waals surface area (Å²) in [5.74, 6) is -0.249. The van der Waals surface area contributed by atoms with Crippen LogP contribution >= 0.6 is 0 Å². The van der Waals surface area contributed by atoms with Crippen LogP contribution in [0.5, 0.6) is 0 Å². The molecule has 1 aromatic carbocycles. The van der Waals surface area contributed by atoms with Crippen LogP contribution in [-0.2, 0) is 19.1 Å². The van der Waals surface area contributed by atoms with E-state index in [4.69, 9.17) is 4.74 Å². The summed E-state index contributed by atoms with van der Waals surface area (Å²) in [6.45, 7) is 1.50. The second-order valence-corrected chi connectivity index (χ2v) is 7.52. The Kier molecular flexibility index (Phi) is 6.48. The number of anilines is 2. The summed E-state index contributed by atoms with van der Waals surface area (Å²) in [5, 5.41) is 2.74. The highest BCUT2D eigenvalue weighted by atomic mass is 16.5. The van der Waals surface area contributed by atoms with E-state index in [1.807, 2.05) is 0 Å².